The minimum absolute atomic E-state index is 0.230. The third-order valence-corrected chi connectivity index (χ3v) is 2.23. The third-order valence-electron chi connectivity index (χ3n) is 2.23. The quantitative estimate of drug-likeness (QED) is 0.668. The Morgan fingerprint density at radius 2 is 1.61 bits per heavy atom. The molecular formula is C12H8F2N2O2. The second kappa shape index (κ2) is 4.79. The van der Waals surface area contributed by atoms with Crippen LogP contribution in [0.25, 0.3) is 0 Å². The Balaban J connectivity index is 2.28. The molecule has 1 N–H and O–H groups in total. The summed E-state index contributed by atoms with van der Waals surface area (Å²) in [6, 6.07) is 8.52. The number of nitro benzene ring substituents is 1. The molecule has 0 bridgehead atoms. The van der Waals surface area contributed by atoms with Gasteiger partial charge in [0, 0.05) is 17.4 Å². The van der Waals surface area contributed by atoms with E-state index in [-0.39, 0.29) is 11.4 Å². The summed E-state index contributed by atoms with van der Waals surface area (Å²) >= 11 is 0. The molecule has 0 saturated carbocycles. The largest absolute Gasteiger partial charge is 0.355 e. The summed E-state index contributed by atoms with van der Waals surface area (Å²) in [5.74, 6) is -1.11. The van der Waals surface area contributed by atoms with Crippen LogP contribution in [-0.4, -0.2) is 4.92 Å². The number of non-ortho nitro benzene ring substituents is 1. The Hall–Kier alpha value is -2.50. The molecule has 2 aromatic carbocycles. The number of anilines is 2. The first kappa shape index (κ1) is 12.0. The molecule has 92 valence electrons. The van der Waals surface area contributed by atoms with Crippen molar-refractivity contribution < 1.29 is 13.7 Å². The first-order chi connectivity index (χ1) is 8.54. The lowest BCUT2D eigenvalue weighted by Gasteiger charge is -2.06. The van der Waals surface area contributed by atoms with Crippen molar-refractivity contribution in [3.05, 3.63) is 64.2 Å². The van der Waals surface area contributed by atoms with E-state index in [9.17, 15) is 18.9 Å². The van der Waals surface area contributed by atoms with Crippen LogP contribution < -0.4 is 5.32 Å². The van der Waals surface area contributed by atoms with Crippen molar-refractivity contribution in [2.75, 3.05) is 5.32 Å². The van der Waals surface area contributed by atoms with E-state index in [4.69, 9.17) is 0 Å². The molecule has 2 rings (SSSR count). The number of hydrogen-bond donors (Lipinski definition) is 1. The van der Waals surface area contributed by atoms with Crippen molar-refractivity contribution in [2.24, 2.45) is 0 Å². The van der Waals surface area contributed by atoms with Crippen LogP contribution in [0.15, 0.2) is 42.5 Å². The van der Waals surface area contributed by atoms with Crippen LogP contribution in [0.1, 0.15) is 0 Å². The van der Waals surface area contributed by atoms with Crippen molar-refractivity contribution in [2.45, 2.75) is 0 Å². The summed E-state index contributed by atoms with van der Waals surface area (Å²) < 4.78 is 25.8. The fraction of sp³-hybridized carbons (Fsp3) is 0. The number of rotatable bonds is 3. The highest BCUT2D eigenvalue weighted by Gasteiger charge is 2.09. The van der Waals surface area contributed by atoms with Crippen molar-refractivity contribution in [1.82, 2.24) is 0 Å². The van der Waals surface area contributed by atoms with Gasteiger partial charge in [-0.2, -0.15) is 0 Å². The Morgan fingerprint density at radius 3 is 2.22 bits per heavy atom. The van der Waals surface area contributed by atoms with E-state index in [2.05, 4.69) is 5.32 Å². The Morgan fingerprint density at radius 1 is 0.944 bits per heavy atom. The average molecular weight is 250 g/mol. The van der Waals surface area contributed by atoms with Crippen LogP contribution >= 0.6 is 0 Å². The predicted octanol–water partition coefficient (Wildman–Crippen LogP) is 3.62. The van der Waals surface area contributed by atoms with Gasteiger partial charge in [0.2, 0.25) is 0 Å². The maximum Gasteiger partial charge on any atom is 0.274 e. The molecule has 6 heteroatoms. The lowest BCUT2D eigenvalue weighted by atomic mass is 10.2. The Labute approximate surface area is 101 Å². The number of halogens is 2. The highest BCUT2D eigenvalue weighted by atomic mass is 19.1. The maximum absolute atomic E-state index is 13.2. The van der Waals surface area contributed by atoms with Crippen LogP contribution in [0.5, 0.6) is 0 Å². The molecule has 0 fully saturated rings. The molecule has 0 amide bonds. The molecule has 4 nitrogen and oxygen atoms in total. The van der Waals surface area contributed by atoms with Crippen LogP contribution in [0.2, 0.25) is 0 Å². The van der Waals surface area contributed by atoms with Gasteiger partial charge in [-0.3, -0.25) is 10.1 Å². The molecule has 0 unspecified atom stereocenters. The van der Waals surface area contributed by atoms with E-state index in [0.717, 1.165) is 12.1 Å². The second-order valence-corrected chi connectivity index (χ2v) is 3.59. The fourth-order valence-electron chi connectivity index (χ4n) is 1.45. The van der Waals surface area contributed by atoms with E-state index < -0.39 is 16.6 Å². The number of benzene rings is 2. The zero-order valence-electron chi connectivity index (χ0n) is 9.06. The summed E-state index contributed by atoms with van der Waals surface area (Å²) in [4.78, 5) is 9.88. The molecule has 0 atom stereocenters. The maximum atomic E-state index is 13.2. The molecular weight excluding hydrogens is 242 g/mol. The normalized spacial score (nSPS) is 10.1. The summed E-state index contributed by atoms with van der Waals surface area (Å²) in [5, 5.41) is 13.3. The van der Waals surface area contributed by atoms with E-state index in [1.807, 2.05) is 0 Å². The number of nitrogens with one attached hydrogen (secondary N) is 1. The van der Waals surface area contributed by atoms with E-state index in [1.54, 1.807) is 0 Å². The zero-order chi connectivity index (χ0) is 13.1. The van der Waals surface area contributed by atoms with Gasteiger partial charge in [-0.15, -0.1) is 0 Å². The van der Waals surface area contributed by atoms with E-state index in [0.29, 0.717) is 5.69 Å². The molecule has 0 aliphatic heterocycles. The van der Waals surface area contributed by atoms with Gasteiger partial charge in [0.25, 0.3) is 5.69 Å². The van der Waals surface area contributed by atoms with Gasteiger partial charge in [0.1, 0.15) is 11.6 Å². The zero-order valence-corrected chi connectivity index (χ0v) is 9.06. The molecule has 0 radical (unpaired) electrons. The Bertz CT molecular complexity index is 585. The third kappa shape index (κ3) is 2.79. The van der Waals surface area contributed by atoms with Gasteiger partial charge < -0.3 is 5.32 Å². The van der Waals surface area contributed by atoms with Crippen molar-refractivity contribution in [3.8, 4) is 0 Å². The molecule has 18 heavy (non-hydrogen) atoms. The minimum atomic E-state index is -0.714. The fourth-order valence-corrected chi connectivity index (χ4v) is 1.45. The molecule has 0 heterocycles. The van der Waals surface area contributed by atoms with Crippen molar-refractivity contribution >= 4 is 17.1 Å². The number of hydrogen-bond acceptors (Lipinski definition) is 3. The summed E-state index contributed by atoms with van der Waals surface area (Å²) in [5.41, 5.74) is 0.393. The number of nitro groups is 1. The SMILES string of the molecule is O=[N+]([O-])c1cc(F)cc(Nc2ccc(F)cc2)c1. The van der Waals surface area contributed by atoms with Gasteiger partial charge in [-0.25, -0.2) is 8.78 Å². The first-order valence-corrected chi connectivity index (χ1v) is 5.02. The molecule has 0 aliphatic rings. The van der Waals surface area contributed by atoms with Crippen LogP contribution in [0.3, 0.4) is 0 Å². The standard InChI is InChI=1S/C12H8F2N2O2/c13-8-1-3-10(4-2-8)15-11-5-9(14)6-12(7-11)16(17)18/h1-7,15H. The van der Waals surface area contributed by atoms with Crippen LogP contribution in [-0.2, 0) is 0 Å². The van der Waals surface area contributed by atoms with Crippen LogP contribution in [0, 0.1) is 21.7 Å². The first-order valence-electron chi connectivity index (χ1n) is 5.02. The van der Waals surface area contributed by atoms with Crippen molar-refractivity contribution in [3.63, 3.8) is 0 Å². The molecule has 2 aromatic rings. The van der Waals surface area contributed by atoms with E-state index in [1.165, 1.54) is 30.3 Å². The lowest BCUT2D eigenvalue weighted by Crippen LogP contribution is -1.94. The molecule has 0 aromatic heterocycles. The average Bonchev–Trinajstić information content (AvgIpc) is 2.31. The van der Waals surface area contributed by atoms with Gasteiger partial charge in [-0.05, 0) is 30.3 Å². The van der Waals surface area contributed by atoms with Gasteiger partial charge in [-0.1, -0.05) is 0 Å². The minimum Gasteiger partial charge on any atom is -0.355 e. The highest BCUT2D eigenvalue weighted by molar-refractivity contribution is 5.62. The summed E-state index contributed by atoms with van der Waals surface area (Å²) in [7, 11) is 0. The second-order valence-electron chi connectivity index (χ2n) is 3.59. The molecule has 0 spiro atoms. The topological polar surface area (TPSA) is 55.2 Å². The number of nitrogens with zero attached hydrogens (tertiary/aromatic N) is 1. The Kier molecular flexibility index (Phi) is 3.18. The summed E-state index contributed by atoms with van der Waals surface area (Å²) in [6.45, 7) is 0. The van der Waals surface area contributed by atoms with Crippen LogP contribution in [0.4, 0.5) is 25.8 Å². The van der Waals surface area contributed by atoms with Gasteiger partial charge in [0.15, 0.2) is 0 Å². The van der Waals surface area contributed by atoms with Crippen molar-refractivity contribution in [1.29, 1.82) is 0 Å². The predicted molar refractivity (Wildman–Crippen MR) is 62.7 cm³/mol. The van der Waals surface area contributed by atoms with Gasteiger partial charge in [0.05, 0.1) is 11.0 Å². The summed E-state index contributed by atoms with van der Waals surface area (Å²) in [6.07, 6.45) is 0. The molecule has 0 saturated heterocycles. The smallest absolute Gasteiger partial charge is 0.274 e. The highest BCUT2D eigenvalue weighted by Crippen LogP contribution is 2.23. The lowest BCUT2D eigenvalue weighted by molar-refractivity contribution is -0.385. The molecule has 0 aliphatic carbocycles. The van der Waals surface area contributed by atoms with E-state index >= 15 is 0 Å². The van der Waals surface area contributed by atoms with Gasteiger partial charge >= 0.3 is 0 Å². The monoisotopic (exact) mass is 250 g/mol.